The third-order valence-electron chi connectivity index (χ3n) is 4.18. The van der Waals surface area contributed by atoms with Gasteiger partial charge in [-0.1, -0.05) is 17.7 Å². The maximum atomic E-state index is 12.2. The number of ether oxygens (including phenoxy) is 2. The van der Waals surface area contributed by atoms with Gasteiger partial charge in [-0.2, -0.15) is 0 Å². The van der Waals surface area contributed by atoms with Crippen molar-refractivity contribution in [2.75, 3.05) is 12.3 Å². The molecule has 0 radical (unpaired) electrons. The van der Waals surface area contributed by atoms with Gasteiger partial charge in [0.15, 0.2) is 0 Å². The van der Waals surface area contributed by atoms with E-state index in [0.29, 0.717) is 52.1 Å². The number of hydrogen-bond donors (Lipinski definition) is 1. The number of nitrogens with zero attached hydrogens (tertiary/aromatic N) is 1. The van der Waals surface area contributed by atoms with E-state index >= 15 is 0 Å². The van der Waals surface area contributed by atoms with E-state index in [2.05, 4.69) is 29.2 Å². The highest BCUT2D eigenvalue weighted by atomic mass is 127. The lowest BCUT2D eigenvalue weighted by Gasteiger charge is -2.17. The second kappa shape index (κ2) is 9.37. The standard InChI is InChI=1S/C22H20ClIN2O3/c1-3-4-9-28-20-12-22(27)26(2)13-17(20)16-11-15(25)6-8-19(16)29-21-10-14(23)5-7-18(21)24/h3,5-8,10-13H,1,4,9,25H2,2H3. The summed E-state index contributed by atoms with van der Waals surface area (Å²) < 4.78 is 14.4. The summed E-state index contributed by atoms with van der Waals surface area (Å²) in [6.07, 6.45) is 4.14. The van der Waals surface area contributed by atoms with Crippen molar-refractivity contribution < 1.29 is 9.47 Å². The first kappa shape index (κ1) is 21.3. The van der Waals surface area contributed by atoms with Gasteiger partial charge in [-0.3, -0.25) is 4.79 Å². The molecule has 0 amide bonds. The monoisotopic (exact) mass is 522 g/mol. The topological polar surface area (TPSA) is 66.5 Å². The lowest BCUT2D eigenvalue weighted by molar-refractivity contribution is 0.325. The van der Waals surface area contributed by atoms with Crippen molar-refractivity contribution in [3.63, 3.8) is 0 Å². The highest BCUT2D eigenvalue weighted by Gasteiger charge is 2.16. The summed E-state index contributed by atoms with van der Waals surface area (Å²) in [5, 5.41) is 0.577. The fourth-order valence-electron chi connectivity index (χ4n) is 2.71. The largest absolute Gasteiger partial charge is 0.492 e. The molecule has 0 fully saturated rings. The first-order valence-electron chi connectivity index (χ1n) is 8.86. The van der Waals surface area contributed by atoms with Crippen molar-refractivity contribution in [3.05, 3.63) is 80.3 Å². The summed E-state index contributed by atoms with van der Waals surface area (Å²) in [4.78, 5) is 12.2. The smallest absolute Gasteiger partial charge is 0.254 e. The van der Waals surface area contributed by atoms with Crippen LogP contribution in [0.5, 0.6) is 17.2 Å². The van der Waals surface area contributed by atoms with E-state index in [1.165, 1.54) is 10.6 Å². The van der Waals surface area contributed by atoms with Crippen LogP contribution < -0.4 is 20.8 Å². The minimum absolute atomic E-state index is 0.168. The van der Waals surface area contributed by atoms with Crippen molar-refractivity contribution in [3.8, 4) is 28.4 Å². The summed E-state index contributed by atoms with van der Waals surface area (Å²) in [6.45, 7) is 4.11. The summed E-state index contributed by atoms with van der Waals surface area (Å²) >= 11 is 8.32. The molecule has 0 aliphatic carbocycles. The van der Waals surface area contributed by atoms with E-state index in [-0.39, 0.29) is 5.56 Å². The van der Waals surface area contributed by atoms with Crippen molar-refractivity contribution in [2.24, 2.45) is 7.05 Å². The molecule has 0 unspecified atom stereocenters. The molecule has 150 valence electrons. The Balaban J connectivity index is 2.12. The zero-order valence-electron chi connectivity index (χ0n) is 15.8. The van der Waals surface area contributed by atoms with Gasteiger partial charge in [0.05, 0.1) is 10.2 Å². The fourth-order valence-corrected chi connectivity index (χ4v) is 3.32. The Bertz CT molecular complexity index is 1110. The van der Waals surface area contributed by atoms with Gasteiger partial charge in [0, 0.05) is 47.2 Å². The third kappa shape index (κ3) is 5.13. The van der Waals surface area contributed by atoms with Gasteiger partial charge < -0.3 is 19.8 Å². The first-order chi connectivity index (χ1) is 13.9. The second-order valence-electron chi connectivity index (χ2n) is 6.36. The van der Waals surface area contributed by atoms with Gasteiger partial charge in [-0.15, -0.1) is 6.58 Å². The molecular formula is C22H20ClIN2O3. The molecule has 2 aromatic carbocycles. The number of halogens is 2. The number of aromatic nitrogens is 1. The molecule has 1 aromatic heterocycles. The molecule has 7 heteroatoms. The Labute approximate surface area is 187 Å². The summed E-state index contributed by atoms with van der Waals surface area (Å²) in [5.41, 5.74) is 7.87. The van der Waals surface area contributed by atoms with Crippen molar-refractivity contribution >= 4 is 39.9 Å². The van der Waals surface area contributed by atoms with E-state index in [1.807, 2.05) is 6.07 Å². The molecule has 3 rings (SSSR count). The zero-order chi connectivity index (χ0) is 21.0. The third-order valence-corrected chi connectivity index (χ3v) is 5.30. The molecule has 3 aromatic rings. The van der Waals surface area contributed by atoms with Crippen molar-refractivity contribution in [2.45, 2.75) is 6.42 Å². The number of nitrogen functional groups attached to an aromatic ring is 1. The zero-order valence-corrected chi connectivity index (χ0v) is 18.7. The van der Waals surface area contributed by atoms with Gasteiger partial charge >= 0.3 is 0 Å². The fraction of sp³-hybridized carbons (Fsp3) is 0.136. The molecule has 29 heavy (non-hydrogen) atoms. The lowest BCUT2D eigenvalue weighted by atomic mass is 10.0. The normalized spacial score (nSPS) is 10.6. The van der Waals surface area contributed by atoms with Crippen molar-refractivity contribution in [1.82, 2.24) is 4.57 Å². The Morgan fingerprint density at radius 1 is 1.14 bits per heavy atom. The highest BCUT2D eigenvalue weighted by Crippen LogP contribution is 2.40. The van der Waals surface area contributed by atoms with Crippen LogP contribution in [-0.4, -0.2) is 11.2 Å². The average molecular weight is 523 g/mol. The van der Waals surface area contributed by atoms with Gasteiger partial charge in [0.2, 0.25) is 0 Å². The molecule has 0 bridgehead atoms. The molecule has 0 aliphatic rings. The van der Waals surface area contributed by atoms with Gasteiger partial charge in [-0.05, 0) is 59.3 Å². The van der Waals surface area contributed by atoms with E-state index in [0.717, 1.165) is 3.57 Å². The maximum absolute atomic E-state index is 12.2. The first-order valence-corrected chi connectivity index (χ1v) is 10.3. The summed E-state index contributed by atoms with van der Waals surface area (Å²) in [5.74, 6) is 1.67. The molecule has 0 atom stereocenters. The molecule has 1 heterocycles. The molecule has 0 aliphatic heterocycles. The number of rotatable bonds is 7. The quantitative estimate of drug-likeness (QED) is 0.189. The number of aryl methyl sites for hydroxylation is 1. The molecule has 5 nitrogen and oxygen atoms in total. The van der Waals surface area contributed by atoms with Gasteiger partial charge in [0.25, 0.3) is 5.56 Å². The predicted octanol–water partition coefficient (Wildman–Crippen LogP) is 5.64. The van der Waals surface area contributed by atoms with Crippen LogP contribution in [0.25, 0.3) is 11.1 Å². The number of hydrogen-bond acceptors (Lipinski definition) is 4. The lowest BCUT2D eigenvalue weighted by Crippen LogP contribution is -2.16. The Hall–Kier alpha value is -2.45. The van der Waals surface area contributed by atoms with Crippen LogP contribution >= 0.6 is 34.2 Å². The Kier molecular flexibility index (Phi) is 6.87. The van der Waals surface area contributed by atoms with E-state index in [4.69, 9.17) is 26.8 Å². The highest BCUT2D eigenvalue weighted by molar-refractivity contribution is 14.1. The number of pyridine rings is 1. The van der Waals surface area contributed by atoms with Gasteiger partial charge in [-0.25, -0.2) is 0 Å². The number of nitrogens with two attached hydrogens (primary N) is 1. The number of anilines is 1. The van der Waals surface area contributed by atoms with Crippen molar-refractivity contribution in [1.29, 1.82) is 0 Å². The van der Waals surface area contributed by atoms with Crippen LogP contribution in [0.3, 0.4) is 0 Å². The maximum Gasteiger partial charge on any atom is 0.254 e. The minimum atomic E-state index is -0.168. The minimum Gasteiger partial charge on any atom is -0.492 e. The second-order valence-corrected chi connectivity index (χ2v) is 7.96. The van der Waals surface area contributed by atoms with E-state index in [1.54, 1.807) is 49.7 Å². The average Bonchev–Trinajstić information content (AvgIpc) is 2.69. The SMILES string of the molecule is C=CCCOc1cc(=O)n(C)cc1-c1cc(N)ccc1Oc1cc(Cl)ccc1I. The van der Waals surface area contributed by atoms with Crippen LogP contribution in [0.2, 0.25) is 5.02 Å². The summed E-state index contributed by atoms with van der Waals surface area (Å²) in [7, 11) is 1.69. The van der Waals surface area contributed by atoms with Crippen LogP contribution in [-0.2, 0) is 7.05 Å². The number of benzene rings is 2. The summed E-state index contributed by atoms with van der Waals surface area (Å²) in [6, 6.07) is 12.3. The van der Waals surface area contributed by atoms with Gasteiger partial charge in [0.1, 0.15) is 17.2 Å². The molecule has 0 spiro atoms. The Morgan fingerprint density at radius 2 is 1.93 bits per heavy atom. The molecule has 0 saturated heterocycles. The predicted molar refractivity (Wildman–Crippen MR) is 126 cm³/mol. The molecule has 0 saturated carbocycles. The van der Waals surface area contributed by atoms with Crippen LogP contribution in [0.1, 0.15) is 6.42 Å². The molecular weight excluding hydrogens is 503 g/mol. The van der Waals surface area contributed by atoms with E-state index in [9.17, 15) is 4.79 Å². The van der Waals surface area contributed by atoms with Crippen LogP contribution in [0, 0.1) is 3.57 Å². The Morgan fingerprint density at radius 3 is 2.69 bits per heavy atom. The van der Waals surface area contributed by atoms with E-state index < -0.39 is 0 Å². The van der Waals surface area contributed by atoms with Crippen LogP contribution in [0.15, 0.2) is 66.1 Å². The molecule has 2 N–H and O–H groups in total. The van der Waals surface area contributed by atoms with Crippen LogP contribution in [0.4, 0.5) is 5.69 Å².